The number of nitrogens with zero attached hydrogens (tertiary/aromatic N) is 1. The van der Waals surface area contributed by atoms with E-state index in [2.05, 4.69) is 5.32 Å². The molecule has 1 aliphatic heterocycles. The van der Waals surface area contributed by atoms with E-state index >= 15 is 0 Å². The molecule has 3 amide bonds. The van der Waals surface area contributed by atoms with Gasteiger partial charge in [0.15, 0.2) is 0 Å². The Morgan fingerprint density at radius 3 is 2.50 bits per heavy atom. The third-order valence-electron chi connectivity index (χ3n) is 4.90. The molecule has 2 aliphatic carbocycles. The maximum Gasteiger partial charge on any atom is 0.240 e. The molecular weight excluding hydrogens is 284 g/mol. The Labute approximate surface area is 127 Å². The smallest absolute Gasteiger partial charge is 0.240 e. The van der Waals surface area contributed by atoms with Gasteiger partial charge >= 0.3 is 0 Å². The molecule has 0 spiro atoms. The molecule has 0 unspecified atom stereocenters. The molecule has 4 rings (SSSR count). The number of likely N-dealkylation sites (tertiary alicyclic amines) is 1. The highest BCUT2D eigenvalue weighted by atomic mass is 16.3. The first kappa shape index (κ1) is 13.3. The number of carbonyl (C=O) groups excluding carboxylic acids is 3. The highest BCUT2D eigenvalue weighted by molar-refractivity contribution is 6.08. The number of carbonyl (C=O) groups is 3. The minimum Gasteiger partial charge on any atom is -0.467 e. The topological polar surface area (TPSA) is 79.6 Å². The molecule has 6 nitrogen and oxygen atoms in total. The summed E-state index contributed by atoms with van der Waals surface area (Å²) in [5.74, 6) is -0.268. The van der Waals surface area contributed by atoms with Gasteiger partial charge in [-0.25, -0.2) is 0 Å². The SMILES string of the molecule is O=C(CN1C(=O)[C@@H]2[C@@H](C1=O)[C@@H]1C=C[C@@H]2C1)NCc1ccco1. The van der Waals surface area contributed by atoms with Crippen LogP contribution in [0.5, 0.6) is 0 Å². The predicted octanol–water partition coefficient (Wildman–Crippen LogP) is 0.703. The average molecular weight is 300 g/mol. The summed E-state index contributed by atoms with van der Waals surface area (Å²) in [7, 11) is 0. The van der Waals surface area contributed by atoms with E-state index in [0.717, 1.165) is 11.3 Å². The minimum atomic E-state index is -0.349. The summed E-state index contributed by atoms with van der Waals surface area (Å²) in [6.45, 7) is 0.0481. The molecule has 2 bridgehead atoms. The molecule has 22 heavy (non-hydrogen) atoms. The summed E-state index contributed by atoms with van der Waals surface area (Å²) in [4.78, 5) is 37.9. The van der Waals surface area contributed by atoms with Gasteiger partial charge in [-0.15, -0.1) is 0 Å². The highest BCUT2D eigenvalue weighted by Crippen LogP contribution is 2.52. The standard InChI is InChI=1S/C16H16N2O4/c19-12(17-7-11-2-1-5-22-11)8-18-15(20)13-9-3-4-10(6-9)14(13)16(18)21/h1-5,9-10,13-14H,6-8H2,(H,17,19)/t9-,10-,13+,14+/m1/s1. The molecule has 1 aromatic heterocycles. The fourth-order valence-corrected chi connectivity index (χ4v) is 3.92. The molecule has 1 saturated heterocycles. The van der Waals surface area contributed by atoms with Gasteiger partial charge in [-0.1, -0.05) is 12.2 Å². The Kier molecular flexibility index (Phi) is 2.92. The fourth-order valence-electron chi connectivity index (χ4n) is 3.92. The van der Waals surface area contributed by atoms with Crippen LogP contribution in [-0.4, -0.2) is 29.2 Å². The van der Waals surface area contributed by atoms with Crippen LogP contribution in [0.3, 0.4) is 0 Å². The van der Waals surface area contributed by atoms with E-state index in [1.165, 1.54) is 6.26 Å². The third kappa shape index (κ3) is 1.90. The summed E-state index contributed by atoms with van der Waals surface area (Å²) in [5.41, 5.74) is 0. The van der Waals surface area contributed by atoms with E-state index in [0.29, 0.717) is 5.76 Å². The van der Waals surface area contributed by atoms with Crippen LogP contribution >= 0.6 is 0 Å². The zero-order valence-corrected chi connectivity index (χ0v) is 11.9. The number of hydrogen-bond donors (Lipinski definition) is 1. The van der Waals surface area contributed by atoms with Crippen molar-refractivity contribution < 1.29 is 18.8 Å². The molecule has 0 radical (unpaired) electrons. The molecule has 1 saturated carbocycles. The number of furan rings is 1. The zero-order valence-electron chi connectivity index (χ0n) is 11.9. The minimum absolute atomic E-state index is 0.169. The predicted molar refractivity (Wildman–Crippen MR) is 75.0 cm³/mol. The van der Waals surface area contributed by atoms with Crippen LogP contribution in [0.4, 0.5) is 0 Å². The van der Waals surface area contributed by atoms with Crippen molar-refractivity contribution in [3.05, 3.63) is 36.3 Å². The van der Waals surface area contributed by atoms with Gasteiger partial charge in [0.2, 0.25) is 17.7 Å². The monoisotopic (exact) mass is 300 g/mol. The van der Waals surface area contributed by atoms with E-state index in [-0.39, 0.29) is 54.5 Å². The summed E-state index contributed by atoms with van der Waals surface area (Å²) in [5, 5.41) is 2.66. The molecule has 3 aliphatic rings. The van der Waals surface area contributed by atoms with E-state index in [1.54, 1.807) is 12.1 Å². The Morgan fingerprint density at radius 2 is 1.91 bits per heavy atom. The quantitative estimate of drug-likeness (QED) is 0.656. The number of hydrogen-bond acceptors (Lipinski definition) is 4. The molecular formula is C16H16N2O4. The first-order chi connectivity index (χ1) is 10.6. The third-order valence-corrected chi connectivity index (χ3v) is 4.90. The zero-order chi connectivity index (χ0) is 15.3. The van der Waals surface area contributed by atoms with Crippen LogP contribution in [0, 0.1) is 23.7 Å². The van der Waals surface area contributed by atoms with Crippen LogP contribution in [0.1, 0.15) is 12.2 Å². The van der Waals surface area contributed by atoms with Crippen molar-refractivity contribution in [2.24, 2.45) is 23.7 Å². The largest absolute Gasteiger partial charge is 0.467 e. The van der Waals surface area contributed by atoms with Crippen molar-refractivity contribution in [1.29, 1.82) is 0 Å². The molecule has 1 aromatic rings. The first-order valence-corrected chi connectivity index (χ1v) is 7.48. The van der Waals surface area contributed by atoms with Gasteiger partial charge in [0.05, 0.1) is 24.6 Å². The summed E-state index contributed by atoms with van der Waals surface area (Å²) in [6.07, 6.45) is 6.50. The number of allylic oxidation sites excluding steroid dienone is 2. The lowest BCUT2D eigenvalue weighted by Crippen LogP contribution is -2.41. The lowest BCUT2D eigenvalue weighted by atomic mass is 9.85. The van der Waals surface area contributed by atoms with Crippen molar-refractivity contribution in [1.82, 2.24) is 10.2 Å². The summed E-state index contributed by atoms with van der Waals surface area (Å²) < 4.78 is 5.12. The molecule has 114 valence electrons. The highest BCUT2D eigenvalue weighted by Gasteiger charge is 2.59. The molecule has 0 aromatic carbocycles. The number of imide groups is 1. The van der Waals surface area contributed by atoms with Gasteiger partial charge in [-0.3, -0.25) is 19.3 Å². The van der Waals surface area contributed by atoms with Gasteiger partial charge < -0.3 is 9.73 Å². The van der Waals surface area contributed by atoms with Gasteiger partial charge in [0.25, 0.3) is 0 Å². The number of nitrogens with one attached hydrogen (secondary N) is 1. The van der Waals surface area contributed by atoms with Gasteiger partial charge in [0.1, 0.15) is 12.3 Å². The van der Waals surface area contributed by atoms with E-state index in [9.17, 15) is 14.4 Å². The number of amides is 3. The van der Waals surface area contributed by atoms with Gasteiger partial charge in [-0.2, -0.15) is 0 Å². The van der Waals surface area contributed by atoms with Crippen LogP contribution in [0.15, 0.2) is 35.0 Å². The maximum atomic E-state index is 12.4. The Balaban J connectivity index is 1.40. The van der Waals surface area contributed by atoms with Gasteiger partial charge in [0, 0.05) is 0 Å². The van der Waals surface area contributed by atoms with Crippen LogP contribution in [0.25, 0.3) is 0 Å². The van der Waals surface area contributed by atoms with Crippen LogP contribution in [-0.2, 0) is 20.9 Å². The van der Waals surface area contributed by atoms with Crippen molar-refractivity contribution in [3.8, 4) is 0 Å². The van der Waals surface area contributed by atoms with E-state index < -0.39 is 0 Å². The molecule has 2 heterocycles. The Morgan fingerprint density at radius 1 is 1.23 bits per heavy atom. The second kappa shape index (κ2) is 4.83. The van der Waals surface area contributed by atoms with Gasteiger partial charge in [-0.05, 0) is 30.4 Å². The molecule has 6 heteroatoms. The maximum absolute atomic E-state index is 12.4. The van der Waals surface area contributed by atoms with Crippen LogP contribution < -0.4 is 5.32 Å². The van der Waals surface area contributed by atoms with Crippen molar-refractivity contribution in [2.45, 2.75) is 13.0 Å². The Hall–Kier alpha value is -2.37. The number of fused-ring (bicyclic) bond motifs is 5. The molecule has 1 N–H and O–H groups in total. The normalized spacial score (nSPS) is 31.9. The first-order valence-electron chi connectivity index (χ1n) is 7.48. The van der Waals surface area contributed by atoms with E-state index in [1.807, 2.05) is 12.2 Å². The molecule has 4 atom stereocenters. The van der Waals surface area contributed by atoms with E-state index in [4.69, 9.17) is 4.42 Å². The van der Waals surface area contributed by atoms with Crippen LogP contribution in [0.2, 0.25) is 0 Å². The van der Waals surface area contributed by atoms with Crippen molar-refractivity contribution in [2.75, 3.05) is 6.54 Å². The van der Waals surface area contributed by atoms with Crippen molar-refractivity contribution in [3.63, 3.8) is 0 Å². The summed E-state index contributed by atoms with van der Waals surface area (Å²) >= 11 is 0. The number of rotatable bonds is 4. The average Bonchev–Trinajstić information content (AvgIpc) is 3.26. The van der Waals surface area contributed by atoms with Crippen molar-refractivity contribution >= 4 is 17.7 Å². The second-order valence-electron chi connectivity index (χ2n) is 6.12. The Bertz CT molecular complexity index is 634. The lowest BCUT2D eigenvalue weighted by molar-refractivity contribution is -0.144. The molecule has 2 fully saturated rings. The fraction of sp³-hybridized carbons (Fsp3) is 0.438. The lowest BCUT2D eigenvalue weighted by Gasteiger charge is -2.16. The summed E-state index contributed by atoms with van der Waals surface area (Å²) in [6, 6.07) is 3.49. The second-order valence-corrected chi connectivity index (χ2v) is 6.12.